The first-order valence-corrected chi connectivity index (χ1v) is 5.16. The third-order valence-electron chi connectivity index (χ3n) is 2.71. The molecule has 1 aliphatic carbocycles. The van der Waals surface area contributed by atoms with Gasteiger partial charge in [0.2, 0.25) is 5.91 Å². The predicted molar refractivity (Wildman–Crippen MR) is 53.7 cm³/mol. The van der Waals surface area contributed by atoms with Gasteiger partial charge in [-0.1, -0.05) is 6.92 Å². The van der Waals surface area contributed by atoms with E-state index in [0.29, 0.717) is 5.92 Å². The third-order valence-corrected chi connectivity index (χ3v) is 2.71. The minimum absolute atomic E-state index is 0.0858. The zero-order valence-electron chi connectivity index (χ0n) is 8.97. The summed E-state index contributed by atoms with van der Waals surface area (Å²) in [6, 6.07) is -1.10. The van der Waals surface area contributed by atoms with Gasteiger partial charge >= 0.3 is 11.9 Å². The van der Waals surface area contributed by atoms with Crippen molar-refractivity contribution in [3.05, 3.63) is 0 Å². The highest BCUT2D eigenvalue weighted by atomic mass is 16.4. The highest BCUT2D eigenvalue weighted by molar-refractivity contribution is 5.86. The molecule has 0 spiro atoms. The number of carbonyl (C=O) groups excluding carboxylic acids is 1. The van der Waals surface area contributed by atoms with E-state index in [1.165, 1.54) is 0 Å². The molecule has 3 atom stereocenters. The lowest BCUT2D eigenvalue weighted by Crippen LogP contribution is -2.42. The van der Waals surface area contributed by atoms with Gasteiger partial charge in [-0.3, -0.25) is 9.59 Å². The summed E-state index contributed by atoms with van der Waals surface area (Å²) >= 11 is 0. The van der Waals surface area contributed by atoms with E-state index in [2.05, 4.69) is 5.32 Å². The maximum Gasteiger partial charge on any atom is 0.326 e. The molecule has 3 N–H and O–H groups in total. The minimum Gasteiger partial charge on any atom is -0.481 e. The van der Waals surface area contributed by atoms with E-state index in [4.69, 9.17) is 10.2 Å². The van der Waals surface area contributed by atoms with Gasteiger partial charge < -0.3 is 15.5 Å². The average Bonchev–Trinajstić information content (AvgIpc) is 2.88. The fourth-order valence-electron chi connectivity index (χ4n) is 1.49. The molecule has 0 heterocycles. The Balaban J connectivity index is 2.41. The van der Waals surface area contributed by atoms with Crippen LogP contribution >= 0.6 is 0 Å². The first-order chi connectivity index (χ1) is 7.41. The summed E-state index contributed by atoms with van der Waals surface area (Å²) in [5.74, 6) is -2.35. The summed E-state index contributed by atoms with van der Waals surface area (Å²) in [5, 5.41) is 19.6. The normalized spacial score (nSPS) is 24.6. The second kappa shape index (κ2) is 4.96. The molecule has 0 saturated heterocycles. The van der Waals surface area contributed by atoms with E-state index in [1.54, 1.807) is 0 Å². The Bertz CT molecular complexity index is 314. The number of carbonyl (C=O) groups is 3. The maximum absolute atomic E-state index is 11.5. The van der Waals surface area contributed by atoms with Crippen molar-refractivity contribution < 1.29 is 24.6 Å². The van der Waals surface area contributed by atoms with Crippen LogP contribution in [0.5, 0.6) is 0 Å². The van der Waals surface area contributed by atoms with Crippen molar-refractivity contribution in [3.63, 3.8) is 0 Å². The topological polar surface area (TPSA) is 104 Å². The first kappa shape index (κ1) is 12.5. The van der Waals surface area contributed by atoms with E-state index in [1.807, 2.05) is 6.92 Å². The number of carboxylic acid groups (broad SMARTS) is 2. The summed E-state index contributed by atoms with van der Waals surface area (Å²) in [5.41, 5.74) is 0. The fourth-order valence-corrected chi connectivity index (χ4v) is 1.49. The van der Waals surface area contributed by atoms with Gasteiger partial charge in [0.05, 0.1) is 0 Å². The smallest absolute Gasteiger partial charge is 0.326 e. The van der Waals surface area contributed by atoms with Crippen LogP contribution < -0.4 is 5.32 Å². The lowest BCUT2D eigenvalue weighted by molar-refractivity contribution is -0.143. The molecular formula is C10H15NO5. The predicted octanol–water partition coefficient (Wildman–Crippen LogP) is 0.0766. The molecular weight excluding hydrogens is 214 g/mol. The Morgan fingerprint density at radius 2 is 1.94 bits per heavy atom. The fraction of sp³-hybridized carbons (Fsp3) is 0.700. The number of carboxylic acids is 2. The highest BCUT2D eigenvalue weighted by Crippen LogP contribution is 2.37. The largest absolute Gasteiger partial charge is 0.481 e. The molecule has 6 heteroatoms. The zero-order valence-corrected chi connectivity index (χ0v) is 8.97. The van der Waals surface area contributed by atoms with E-state index in [-0.39, 0.29) is 24.7 Å². The Morgan fingerprint density at radius 1 is 1.38 bits per heavy atom. The van der Waals surface area contributed by atoms with Gasteiger partial charge in [0, 0.05) is 12.3 Å². The average molecular weight is 229 g/mol. The molecule has 0 bridgehead atoms. The SMILES string of the molecule is CC1CC1C(=O)N[C@@H](CCC(=O)O)C(=O)O. The second-order valence-corrected chi connectivity index (χ2v) is 4.15. The van der Waals surface area contributed by atoms with Crippen LogP contribution in [0.3, 0.4) is 0 Å². The van der Waals surface area contributed by atoms with Gasteiger partial charge in [-0.05, 0) is 18.8 Å². The summed E-state index contributed by atoms with van der Waals surface area (Å²) in [6.07, 6.45) is 0.423. The molecule has 2 unspecified atom stereocenters. The van der Waals surface area contributed by atoms with Crippen LogP contribution in [-0.2, 0) is 14.4 Å². The van der Waals surface area contributed by atoms with E-state index < -0.39 is 18.0 Å². The number of rotatable bonds is 6. The van der Waals surface area contributed by atoms with Gasteiger partial charge in [0.15, 0.2) is 0 Å². The Hall–Kier alpha value is -1.59. The Morgan fingerprint density at radius 3 is 2.31 bits per heavy atom. The summed E-state index contributed by atoms with van der Waals surface area (Å²) in [7, 11) is 0. The lowest BCUT2D eigenvalue weighted by Gasteiger charge is -2.13. The van der Waals surface area contributed by atoms with Crippen LogP contribution in [-0.4, -0.2) is 34.1 Å². The molecule has 16 heavy (non-hydrogen) atoms. The van der Waals surface area contributed by atoms with Crippen molar-refractivity contribution in [3.8, 4) is 0 Å². The van der Waals surface area contributed by atoms with Gasteiger partial charge in [0.25, 0.3) is 0 Å². The van der Waals surface area contributed by atoms with Gasteiger partial charge in [-0.2, -0.15) is 0 Å². The Labute approximate surface area is 92.6 Å². The van der Waals surface area contributed by atoms with E-state index in [9.17, 15) is 14.4 Å². The first-order valence-electron chi connectivity index (χ1n) is 5.16. The molecule has 0 radical (unpaired) electrons. The molecule has 90 valence electrons. The number of hydrogen-bond donors (Lipinski definition) is 3. The van der Waals surface area contributed by atoms with Crippen LogP contribution in [0, 0.1) is 11.8 Å². The molecule has 1 saturated carbocycles. The van der Waals surface area contributed by atoms with Gasteiger partial charge in [-0.25, -0.2) is 4.79 Å². The molecule has 1 rings (SSSR count). The van der Waals surface area contributed by atoms with Gasteiger partial charge in [-0.15, -0.1) is 0 Å². The van der Waals surface area contributed by atoms with E-state index in [0.717, 1.165) is 6.42 Å². The number of aliphatic carboxylic acids is 2. The van der Waals surface area contributed by atoms with Crippen molar-refractivity contribution in [1.29, 1.82) is 0 Å². The van der Waals surface area contributed by atoms with E-state index >= 15 is 0 Å². The van der Waals surface area contributed by atoms with Crippen molar-refractivity contribution in [2.45, 2.75) is 32.2 Å². The molecule has 1 aliphatic rings. The minimum atomic E-state index is -1.19. The van der Waals surface area contributed by atoms with Crippen molar-refractivity contribution in [2.75, 3.05) is 0 Å². The summed E-state index contributed by atoms with van der Waals surface area (Å²) in [6.45, 7) is 1.91. The molecule has 0 aliphatic heterocycles. The molecule has 0 aromatic rings. The van der Waals surface area contributed by atoms with Crippen LogP contribution in [0.25, 0.3) is 0 Å². The Kier molecular flexibility index (Phi) is 3.87. The van der Waals surface area contributed by atoms with Crippen LogP contribution in [0.1, 0.15) is 26.2 Å². The second-order valence-electron chi connectivity index (χ2n) is 4.15. The number of hydrogen-bond acceptors (Lipinski definition) is 3. The quantitative estimate of drug-likeness (QED) is 0.598. The third kappa shape index (κ3) is 3.52. The molecule has 1 amide bonds. The zero-order chi connectivity index (χ0) is 12.3. The molecule has 1 fully saturated rings. The lowest BCUT2D eigenvalue weighted by atomic mass is 10.1. The van der Waals surface area contributed by atoms with Crippen LogP contribution in [0.15, 0.2) is 0 Å². The van der Waals surface area contributed by atoms with Crippen LogP contribution in [0.2, 0.25) is 0 Å². The highest BCUT2D eigenvalue weighted by Gasteiger charge is 2.40. The summed E-state index contributed by atoms with van der Waals surface area (Å²) < 4.78 is 0. The monoisotopic (exact) mass is 229 g/mol. The maximum atomic E-state index is 11.5. The van der Waals surface area contributed by atoms with Gasteiger partial charge in [0.1, 0.15) is 6.04 Å². The summed E-state index contributed by atoms with van der Waals surface area (Å²) in [4.78, 5) is 32.5. The molecule has 0 aromatic heterocycles. The molecule has 0 aromatic carbocycles. The van der Waals surface area contributed by atoms with Crippen LogP contribution in [0.4, 0.5) is 0 Å². The number of nitrogens with one attached hydrogen (secondary N) is 1. The van der Waals surface area contributed by atoms with Crippen molar-refractivity contribution in [1.82, 2.24) is 5.32 Å². The molecule has 6 nitrogen and oxygen atoms in total. The standard InChI is InChI=1S/C10H15NO5/c1-5-4-6(5)9(14)11-7(10(15)16)2-3-8(12)13/h5-7H,2-4H2,1H3,(H,11,14)(H,12,13)(H,15,16)/t5?,6?,7-/m0/s1. The van der Waals surface area contributed by atoms with Crippen molar-refractivity contribution in [2.24, 2.45) is 11.8 Å². The van der Waals surface area contributed by atoms with Crippen molar-refractivity contribution >= 4 is 17.8 Å². The number of amides is 1.